The van der Waals surface area contributed by atoms with Gasteiger partial charge in [-0.05, 0) is 37.3 Å². The van der Waals surface area contributed by atoms with E-state index in [1.165, 1.54) is 18.7 Å². The van der Waals surface area contributed by atoms with Crippen LogP contribution in [0.4, 0.5) is 11.4 Å². The van der Waals surface area contributed by atoms with Gasteiger partial charge in [-0.2, -0.15) is 0 Å². The highest BCUT2D eigenvalue weighted by Crippen LogP contribution is 2.19. The van der Waals surface area contributed by atoms with Gasteiger partial charge < -0.3 is 15.2 Å². The fourth-order valence-electron chi connectivity index (χ4n) is 2.55. The summed E-state index contributed by atoms with van der Waals surface area (Å²) in [5.74, 6) is 0.686. The van der Waals surface area contributed by atoms with E-state index in [1.807, 2.05) is 35.9 Å². The zero-order valence-corrected chi connectivity index (χ0v) is 17.5. The third-order valence-corrected chi connectivity index (χ3v) is 5.34. The normalized spacial score (nSPS) is 10.6. The van der Waals surface area contributed by atoms with E-state index in [0.717, 1.165) is 11.5 Å². The van der Waals surface area contributed by atoms with Crippen molar-refractivity contribution in [3.8, 4) is 0 Å². The van der Waals surface area contributed by atoms with E-state index in [1.54, 1.807) is 24.3 Å². The zero-order chi connectivity index (χ0) is 20.8. The summed E-state index contributed by atoms with van der Waals surface area (Å²) >= 11 is 7.28. The summed E-state index contributed by atoms with van der Waals surface area (Å²) in [6.07, 6.45) is 0. The smallest absolute Gasteiger partial charge is 0.234 e. The number of benzene rings is 2. The Balaban J connectivity index is 1.54. The van der Waals surface area contributed by atoms with E-state index < -0.39 is 0 Å². The largest absolute Gasteiger partial charge is 0.378 e. The number of hydrogen-bond acceptors (Lipinski definition) is 6. The predicted octanol–water partition coefficient (Wildman–Crippen LogP) is 4.01. The van der Waals surface area contributed by atoms with Gasteiger partial charge in [-0.25, -0.2) is 0 Å². The van der Waals surface area contributed by atoms with Gasteiger partial charge in [-0.15, -0.1) is 10.2 Å². The van der Waals surface area contributed by atoms with Crippen molar-refractivity contribution in [3.05, 3.63) is 64.9 Å². The molecule has 1 aromatic heterocycles. The van der Waals surface area contributed by atoms with Crippen LogP contribution in [0.1, 0.15) is 23.1 Å². The minimum Gasteiger partial charge on any atom is -0.378 e. The van der Waals surface area contributed by atoms with Gasteiger partial charge in [0.25, 0.3) is 0 Å². The van der Waals surface area contributed by atoms with Crippen LogP contribution >= 0.6 is 23.4 Å². The van der Waals surface area contributed by atoms with E-state index in [-0.39, 0.29) is 17.4 Å². The molecule has 2 N–H and O–H groups in total. The molecule has 29 heavy (non-hydrogen) atoms. The molecule has 0 spiro atoms. The molecular formula is C20H20ClN5O2S. The first-order chi connectivity index (χ1) is 13.9. The summed E-state index contributed by atoms with van der Waals surface area (Å²) in [6, 6.07) is 14.3. The molecule has 0 fully saturated rings. The lowest BCUT2D eigenvalue weighted by atomic mass is 10.1. The van der Waals surface area contributed by atoms with Gasteiger partial charge in [-0.3, -0.25) is 9.59 Å². The fraction of sp³-hybridized carbons (Fsp3) is 0.200. The standard InChI is InChI=1S/C20H20ClN5O2S/c1-13(27)14-5-3-8-17(9-14)23-19(28)12-29-20-25-24-18(26(20)2)11-22-16-7-4-6-15(21)10-16/h3-10,22H,11-12H2,1-2H3,(H,23,28). The number of halogens is 1. The summed E-state index contributed by atoms with van der Waals surface area (Å²) in [5.41, 5.74) is 2.04. The molecule has 3 aromatic rings. The summed E-state index contributed by atoms with van der Waals surface area (Å²) in [7, 11) is 1.85. The first kappa shape index (κ1) is 20.9. The van der Waals surface area contributed by atoms with E-state index >= 15 is 0 Å². The topological polar surface area (TPSA) is 88.9 Å². The van der Waals surface area contributed by atoms with Gasteiger partial charge in [0.15, 0.2) is 16.8 Å². The van der Waals surface area contributed by atoms with Crippen molar-refractivity contribution in [2.45, 2.75) is 18.6 Å². The van der Waals surface area contributed by atoms with Crippen molar-refractivity contribution in [1.82, 2.24) is 14.8 Å². The Bertz CT molecular complexity index is 1040. The maximum Gasteiger partial charge on any atom is 0.234 e. The molecule has 0 saturated carbocycles. The molecule has 0 atom stereocenters. The molecule has 0 saturated heterocycles. The van der Waals surface area contributed by atoms with E-state index in [4.69, 9.17) is 11.6 Å². The molecule has 1 amide bonds. The average Bonchev–Trinajstić information content (AvgIpc) is 3.04. The summed E-state index contributed by atoms with van der Waals surface area (Å²) < 4.78 is 1.84. The fourth-order valence-corrected chi connectivity index (χ4v) is 3.47. The van der Waals surface area contributed by atoms with Crippen LogP contribution in [0.25, 0.3) is 0 Å². The lowest BCUT2D eigenvalue weighted by Crippen LogP contribution is -2.15. The van der Waals surface area contributed by atoms with Gasteiger partial charge >= 0.3 is 0 Å². The van der Waals surface area contributed by atoms with Crippen LogP contribution < -0.4 is 10.6 Å². The van der Waals surface area contributed by atoms with Crippen LogP contribution in [0.2, 0.25) is 5.02 Å². The van der Waals surface area contributed by atoms with E-state index in [0.29, 0.717) is 28.0 Å². The summed E-state index contributed by atoms with van der Waals surface area (Å²) in [6.45, 7) is 1.97. The highest BCUT2D eigenvalue weighted by Gasteiger charge is 2.12. The number of thioether (sulfide) groups is 1. The van der Waals surface area contributed by atoms with Crippen molar-refractivity contribution in [3.63, 3.8) is 0 Å². The van der Waals surface area contributed by atoms with Crippen molar-refractivity contribution in [2.75, 3.05) is 16.4 Å². The molecule has 0 bridgehead atoms. The second kappa shape index (κ2) is 9.58. The number of nitrogens with zero attached hydrogens (tertiary/aromatic N) is 3. The van der Waals surface area contributed by atoms with Crippen molar-refractivity contribution >= 4 is 46.4 Å². The van der Waals surface area contributed by atoms with Gasteiger partial charge in [-0.1, -0.05) is 41.6 Å². The average molecular weight is 430 g/mol. The molecule has 0 aliphatic rings. The molecular weight excluding hydrogens is 410 g/mol. The number of nitrogens with one attached hydrogen (secondary N) is 2. The number of ketones is 1. The third-order valence-electron chi connectivity index (χ3n) is 4.09. The maximum absolute atomic E-state index is 12.2. The van der Waals surface area contributed by atoms with Crippen molar-refractivity contribution in [1.29, 1.82) is 0 Å². The van der Waals surface area contributed by atoms with Gasteiger partial charge in [0.2, 0.25) is 5.91 Å². The van der Waals surface area contributed by atoms with Crippen molar-refractivity contribution < 1.29 is 9.59 Å². The SMILES string of the molecule is CC(=O)c1cccc(NC(=O)CSc2nnc(CNc3cccc(Cl)c3)n2C)c1. The minimum atomic E-state index is -0.183. The molecule has 0 radical (unpaired) electrons. The Labute approximate surface area is 177 Å². The Hall–Kier alpha value is -2.84. The number of anilines is 2. The minimum absolute atomic E-state index is 0.0477. The molecule has 150 valence electrons. The number of carbonyl (C=O) groups excluding carboxylic acids is 2. The Morgan fingerprint density at radius 1 is 1.10 bits per heavy atom. The lowest BCUT2D eigenvalue weighted by molar-refractivity contribution is -0.113. The highest BCUT2D eigenvalue weighted by atomic mass is 35.5. The van der Waals surface area contributed by atoms with Crippen LogP contribution in [0.5, 0.6) is 0 Å². The van der Waals surface area contributed by atoms with Gasteiger partial charge in [0, 0.05) is 29.0 Å². The number of aromatic nitrogens is 3. The molecule has 0 aliphatic heterocycles. The predicted molar refractivity (Wildman–Crippen MR) is 116 cm³/mol. The van der Waals surface area contributed by atoms with Crippen molar-refractivity contribution in [2.24, 2.45) is 7.05 Å². The van der Waals surface area contributed by atoms with Crippen LogP contribution in [0, 0.1) is 0 Å². The molecule has 1 heterocycles. The lowest BCUT2D eigenvalue weighted by Gasteiger charge is -2.08. The number of rotatable bonds is 8. The highest BCUT2D eigenvalue weighted by molar-refractivity contribution is 7.99. The Morgan fingerprint density at radius 3 is 2.62 bits per heavy atom. The quantitative estimate of drug-likeness (QED) is 0.415. The van der Waals surface area contributed by atoms with E-state index in [2.05, 4.69) is 20.8 Å². The third kappa shape index (κ3) is 5.82. The number of Topliss-reactive ketones (excluding diaryl/α,β-unsaturated/α-hetero) is 1. The Kier molecular flexibility index (Phi) is 6.90. The van der Waals surface area contributed by atoms with Gasteiger partial charge in [0.1, 0.15) is 0 Å². The van der Waals surface area contributed by atoms with E-state index in [9.17, 15) is 9.59 Å². The second-order valence-electron chi connectivity index (χ2n) is 6.30. The molecule has 7 nitrogen and oxygen atoms in total. The molecule has 9 heteroatoms. The monoisotopic (exact) mass is 429 g/mol. The number of hydrogen-bond donors (Lipinski definition) is 2. The van der Waals surface area contributed by atoms with Crippen LogP contribution in [-0.4, -0.2) is 32.2 Å². The molecule has 0 aliphatic carbocycles. The molecule has 0 unspecified atom stereocenters. The van der Waals surface area contributed by atoms with Crippen LogP contribution in [0.3, 0.4) is 0 Å². The summed E-state index contributed by atoms with van der Waals surface area (Å²) in [5, 5.41) is 15.7. The second-order valence-corrected chi connectivity index (χ2v) is 7.67. The first-order valence-electron chi connectivity index (χ1n) is 8.84. The molecule has 3 rings (SSSR count). The van der Waals surface area contributed by atoms with Crippen LogP contribution in [-0.2, 0) is 18.4 Å². The van der Waals surface area contributed by atoms with Crippen LogP contribution in [0.15, 0.2) is 53.7 Å². The zero-order valence-electron chi connectivity index (χ0n) is 16.0. The Morgan fingerprint density at radius 2 is 1.86 bits per heavy atom. The number of carbonyl (C=O) groups is 2. The first-order valence-corrected chi connectivity index (χ1v) is 10.2. The molecule has 2 aromatic carbocycles. The maximum atomic E-state index is 12.2. The summed E-state index contributed by atoms with van der Waals surface area (Å²) in [4.78, 5) is 23.7. The van der Waals surface area contributed by atoms with Gasteiger partial charge in [0.05, 0.1) is 12.3 Å². The number of amides is 1.